The summed E-state index contributed by atoms with van der Waals surface area (Å²) < 4.78 is 26.8. The summed E-state index contributed by atoms with van der Waals surface area (Å²) in [5.41, 5.74) is -0.363. The molecule has 1 aromatic heterocycles. The molecular weight excluding hydrogens is 450 g/mol. The molecule has 1 aromatic carbocycles. The second kappa shape index (κ2) is 11.0. The van der Waals surface area contributed by atoms with Gasteiger partial charge in [-0.1, -0.05) is 33.8 Å². The summed E-state index contributed by atoms with van der Waals surface area (Å²) in [7, 11) is -3.77. The molecule has 2 N–H and O–H groups in total. The molecule has 0 bridgehead atoms. The third-order valence-electron chi connectivity index (χ3n) is 4.93. The Morgan fingerprint density at radius 2 is 1.85 bits per heavy atom. The number of hydrogen-bond acceptors (Lipinski definition) is 7. The Morgan fingerprint density at radius 1 is 1.18 bits per heavy atom. The van der Waals surface area contributed by atoms with Crippen molar-refractivity contribution in [1.82, 2.24) is 14.6 Å². The molecule has 1 unspecified atom stereocenters. The topological polar surface area (TPSA) is 152 Å². The van der Waals surface area contributed by atoms with Crippen LogP contribution in [0.4, 0.5) is 11.4 Å². The summed E-state index contributed by atoms with van der Waals surface area (Å²) in [6, 6.07) is 5.81. The normalized spacial score (nSPS) is 12.4. The number of aromatic nitrogens is 1. The third-order valence-corrected chi connectivity index (χ3v) is 6.98. The van der Waals surface area contributed by atoms with Crippen molar-refractivity contribution >= 4 is 33.2 Å². The molecule has 1 atom stereocenters. The predicted octanol–water partition coefficient (Wildman–Crippen LogP) is 2.41. The maximum atomic E-state index is 12.9. The Labute approximate surface area is 192 Å². The van der Waals surface area contributed by atoms with E-state index in [-0.39, 0.29) is 40.8 Å². The molecule has 0 spiro atoms. The minimum Gasteiger partial charge on any atom is -0.340 e. The molecule has 2 amide bonds. The fourth-order valence-corrected chi connectivity index (χ4v) is 4.62. The quantitative estimate of drug-likeness (QED) is 0.394. The molecule has 0 saturated carbocycles. The molecule has 33 heavy (non-hydrogen) atoms. The van der Waals surface area contributed by atoms with Crippen molar-refractivity contribution in [3.05, 3.63) is 58.4 Å². The van der Waals surface area contributed by atoms with Crippen molar-refractivity contribution in [2.45, 2.75) is 38.6 Å². The lowest BCUT2D eigenvalue weighted by Gasteiger charge is -2.22. The van der Waals surface area contributed by atoms with Crippen LogP contribution in [-0.4, -0.2) is 53.6 Å². The first kappa shape index (κ1) is 25.9. The first-order chi connectivity index (χ1) is 15.5. The average Bonchev–Trinajstić information content (AvgIpc) is 2.77. The fourth-order valence-electron chi connectivity index (χ4n) is 3.12. The monoisotopic (exact) mass is 477 g/mol. The number of anilines is 1. The molecule has 0 aliphatic rings. The van der Waals surface area contributed by atoms with Crippen molar-refractivity contribution in [1.29, 1.82) is 0 Å². The number of pyridine rings is 1. The van der Waals surface area contributed by atoms with Crippen molar-refractivity contribution in [3.8, 4) is 0 Å². The summed E-state index contributed by atoms with van der Waals surface area (Å²) in [5, 5.41) is 16.2. The van der Waals surface area contributed by atoms with Crippen LogP contribution in [0.25, 0.3) is 0 Å². The number of nitro groups is 1. The number of nitrogens with one attached hydrogen (secondary N) is 2. The number of nitrogens with zero attached hydrogens (tertiary/aromatic N) is 3. The van der Waals surface area contributed by atoms with Crippen LogP contribution >= 0.6 is 0 Å². The largest absolute Gasteiger partial charge is 0.340 e. The molecule has 0 aliphatic heterocycles. The molecule has 0 radical (unpaired) electrons. The highest BCUT2D eigenvalue weighted by molar-refractivity contribution is 7.89. The molecule has 178 valence electrons. The van der Waals surface area contributed by atoms with E-state index < -0.39 is 32.8 Å². The van der Waals surface area contributed by atoms with Gasteiger partial charge in [0, 0.05) is 24.8 Å². The van der Waals surface area contributed by atoms with Gasteiger partial charge in [-0.3, -0.25) is 24.7 Å². The number of hydrogen-bond donors (Lipinski definition) is 2. The van der Waals surface area contributed by atoms with Gasteiger partial charge in [0.15, 0.2) is 0 Å². The lowest BCUT2D eigenvalue weighted by molar-refractivity contribution is -0.384. The zero-order valence-electron chi connectivity index (χ0n) is 18.8. The second-order valence-corrected chi connectivity index (χ2v) is 9.39. The van der Waals surface area contributed by atoms with Gasteiger partial charge >= 0.3 is 5.69 Å². The van der Waals surface area contributed by atoms with Gasteiger partial charge in [0.1, 0.15) is 17.9 Å². The van der Waals surface area contributed by atoms with Gasteiger partial charge < -0.3 is 10.6 Å². The van der Waals surface area contributed by atoms with Gasteiger partial charge in [-0.15, -0.1) is 0 Å². The molecule has 0 fully saturated rings. The van der Waals surface area contributed by atoms with Crippen LogP contribution in [0.15, 0.2) is 47.6 Å². The van der Waals surface area contributed by atoms with E-state index in [1.165, 1.54) is 40.8 Å². The number of sulfonamides is 1. The van der Waals surface area contributed by atoms with E-state index in [0.717, 1.165) is 6.20 Å². The van der Waals surface area contributed by atoms with Crippen LogP contribution in [0.5, 0.6) is 0 Å². The maximum Gasteiger partial charge on any atom is 0.310 e. The molecule has 0 saturated heterocycles. The number of amides is 2. The summed E-state index contributed by atoms with van der Waals surface area (Å²) in [4.78, 5) is 39.8. The highest BCUT2D eigenvalue weighted by Crippen LogP contribution is 2.23. The van der Waals surface area contributed by atoms with Gasteiger partial charge in [-0.05, 0) is 30.2 Å². The maximum absolute atomic E-state index is 12.9. The fraction of sp³-hybridized carbons (Fsp3) is 0.381. The van der Waals surface area contributed by atoms with Crippen LogP contribution < -0.4 is 10.6 Å². The van der Waals surface area contributed by atoms with Crippen molar-refractivity contribution in [2.75, 3.05) is 18.4 Å². The highest BCUT2D eigenvalue weighted by atomic mass is 32.2. The first-order valence-corrected chi connectivity index (χ1v) is 11.8. The number of carbonyl (C=O) groups excluding carboxylic acids is 2. The Hall–Kier alpha value is -3.38. The van der Waals surface area contributed by atoms with Crippen molar-refractivity contribution < 1.29 is 22.9 Å². The smallest absolute Gasteiger partial charge is 0.310 e. The van der Waals surface area contributed by atoms with Crippen LogP contribution in [0.2, 0.25) is 0 Å². The molecule has 12 heteroatoms. The average molecular weight is 478 g/mol. The lowest BCUT2D eigenvalue weighted by atomic mass is 10.0. The number of carbonyl (C=O) groups is 2. The zero-order chi connectivity index (χ0) is 24.8. The number of benzene rings is 1. The van der Waals surface area contributed by atoms with Gasteiger partial charge in [0.25, 0.3) is 5.91 Å². The van der Waals surface area contributed by atoms with Crippen LogP contribution in [0.3, 0.4) is 0 Å². The molecule has 1 heterocycles. The van der Waals surface area contributed by atoms with Crippen molar-refractivity contribution in [2.24, 2.45) is 5.92 Å². The standard InChI is InChI=1S/C21H27N5O6S/c1-5-25(6-2)33(31,32)16-9-7-8-15(12-16)20(27)24-19(14(3)4)21(28)23-17-10-11-22-13-18(17)26(29)30/h7-14,19H,5-6H2,1-4H3,(H,24,27)(H,22,23,28). The minimum atomic E-state index is -3.77. The Kier molecular flexibility index (Phi) is 8.60. The summed E-state index contributed by atoms with van der Waals surface area (Å²) >= 11 is 0. The van der Waals surface area contributed by atoms with E-state index in [4.69, 9.17) is 0 Å². The van der Waals surface area contributed by atoms with Crippen LogP contribution in [0.1, 0.15) is 38.1 Å². The van der Waals surface area contributed by atoms with Gasteiger partial charge in [-0.2, -0.15) is 4.31 Å². The molecular formula is C21H27N5O6S. The second-order valence-electron chi connectivity index (χ2n) is 7.45. The van der Waals surface area contributed by atoms with E-state index in [2.05, 4.69) is 15.6 Å². The first-order valence-electron chi connectivity index (χ1n) is 10.3. The lowest BCUT2D eigenvalue weighted by Crippen LogP contribution is -2.47. The van der Waals surface area contributed by atoms with E-state index in [1.807, 2.05) is 0 Å². The summed E-state index contributed by atoms with van der Waals surface area (Å²) in [5.74, 6) is -1.67. The van der Waals surface area contributed by atoms with Gasteiger partial charge in [0.2, 0.25) is 15.9 Å². The molecule has 2 rings (SSSR count). The van der Waals surface area contributed by atoms with E-state index in [0.29, 0.717) is 0 Å². The molecule has 0 aliphatic carbocycles. The third kappa shape index (κ3) is 6.11. The van der Waals surface area contributed by atoms with E-state index in [1.54, 1.807) is 27.7 Å². The van der Waals surface area contributed by atoms with Gasteiger partial charge in [-0.25, -0.2) is 8.42 Å². The SMILES string of the molecule is CCN(CC)S(=O)(=O)c1cccc(C(=O)NC(C(=O)Nc2ccncc2[N+](=O)[O-])C(C)C)c1. The Bertz CT molecular complexity index is 1130. The number of rotatable bonds is 10. The summed E-state index contributed by atoms with van der Waals surface area (Å²) in [6.07, 6.45) is 2.31. The van der Waals surface area contributed by atoms with Crippen LogP contribution in [0, 0.1) is 16.0 Å². The Morgan fingerprint density at radius 3 is 2.42 bits per heavy atom. The molecule has 11 nitrogen and oxygen atoms in total. The zero-order valence-corrected chi connectivity index (χ0v) is 19.6. The summed E-state index contributed by atoms with van der Waals surface area (Å²) in [6.45, 7) is 7.41. The predicted molar refractivity (Wildman–Crippen MR) is 122 cm³/mol. The minimum absolute atomic E-state index is 0.0307. The van der Waals surface area contributed by atoms with Crippen LogP contribution in [-0.2, 0) is 14.8 Å². The van der Waals surface area contributed by atoms with E-state index in [9.17, 15) is 28.1 Å². The molecule has 2 aromatic rings. The highest BCUT2D eigenvalue weighted by Gasteiger charge is 2.28. The van der Waals surface area contributed by atoms with E-state index >= 15 is 0 Å². The van der Waals surface area contributed by atoms with Crippen molar-refractivity contribution in [3.63, 3.8) is 0 Å². The van der Waals surface area contributed by atoms with Gasteiger partial charge in [0.05, 0.1) is 9.82 Å². The Balaban J connectivity index is 2.26.